The molecule has 3 rings (SSSR count). The van der Waals surface area contributed by atoms with E-state index in [1.54, 1.807) is 12.4 Å². The molecule has 0 spiro atoms. The van der Waals surface area contributed by atoms with E-state index in [0.29, 0.717) is 32.8 Å². The summed E-state index contributed by atoms with van der Waals surface area (Å²) in [6, 6.07) is 0. The van der Waals surface area contributed by atoms with Gasteiger partial charge in [-0.15, -0.1) is 0 Å². The highest BCUT2D eigenvalue weighted by Gasteiger charge is 2.31. The number of hydrogen-bond donors (Lipinski definition) is 0. The minimum Gasteiger partial charge on any atom is -0.372 e. The number of fused-ring (bicyclic) bond motifs is 1. The molecule has 1 fully saturated rings. The highest BCUT2D eigenvalue weighted by molar-refractivity contribution is 5.78. The fraction of sp³-hybridized carbons (Fsp3) is 0.667. The summed E-state index contributed by atoms with van der Waals surface area (Å²) >= 11 is 0. The molecule has 3 heterocycles. The van der Waals surface area contributed by atoms with Gasteiger partial charge in [0.2, 0.25) is 5.91 Å². The molecule has 0 unspecified atom stereocenters. The van der Waals surface area contributed by atoms with E-state index in [9.17, 15) is 4.79 Å². The lowest BCUT2D eigenvalue weighted by Crippen LogP contribution is -2.53. The normalized spacial score (nSPS) is 21.9. The minimum absolute atomic E-state index is 0.179. The second-order valence-electron chi connectivity index (χ2n) is 6.33. The zero-order valence-electron chi connectivity index (χ0n) is 12.7. The molecule has 6 nitrogen and oxygen atoms in total. The summed E-state index contributed by atoms with van der Waals surface area (Å²) < 4.78 is 5.66. The predicted molar refractivity (Wildman–Crippen MR) is 77.6 cm³/mol. The summed E-state index contributed by atoms with van der Waals surface area (Å²) in [4.78, 5) is 25.2. The topological polar surface area (TPSA) is 58.6 Å². The van der Waals surface area contributed by atoms with Crippen molar-refractivity contribution in [3.8, 4) is 0 Å². The quantitative estimate of drug-likeness (QED) is 0.792. The molecule has 0 N–H and O–H groups in total. The zero-order chi connectivity index (χ0) is 14.9. The molecule has 1 amide bonds. The van der Waals surface area contributed by atoms with Crippen molar-refractivity contribution in [3.05, 3.63) is 23.8 Å². The molecule has 0 atom stereocenters. The summed E-state index contributed by atoms with van der Waals surface area (Å²) in [5.41, 5.74) is 1.82. The molecule has 114 valence electrons. The van der Waals surface area contributed by atoms with Gasteiger partial charge in [-0.3, -0.25) is 19.7 Å². The summed E-state index contributed by atoms with van der Waals surface area (Å²) in [5, 5.41) is 0. The van der Waals surface area contributed by atoms with Crippen molar-refractivity contribution in [3.63, 3.8) is 0 Å². The first-order chi connectivity index (χ1) is 10.0. The number of aromatic nitrogens is 2. The predicted octanol–water partition coefficient (Wildman–Crippen LogP) is 0.472. The number of nitrogens with zero attached hydrogens (tertiary/aromatic N) is 4. The summed E-state index contributed by atoms with van der Waals surface area (Å²) in [6.07, 6.45) is 4.31. The van der Waals surface area contributed by atoms with Crippen molar-refractivity contribution in [1.82, 2.24) is 19.8 Å². The highest BCUT2D eigenvalue weighted by Crippen LogP contribution is 2.18. The van der Waals surface area contributed by atoms with Gasteiger partial charge in [0.25, 0.3) is 0 Å². The Bertz CT molecular complexity index is 532. The SMILES string of the molecule is CC1(C)CN(C(=O)CN2CCc3nccnc3C2)CCO1. The van der Waals surface area contributed by atoms with Crippen LogP contribution in [-0.4, -0.2) is 64.1 Å². The summed E-state index contributed by atoms with van der Waals surface area (Å²) in [6.45, 7) is 8.05. The van der Waals surface area contributed by atoms with E-state index in [2.05, 4.69) is 14.9 Å². The number of carbonyl (C=O) groups excluding carboxylic acids is 1. The molecule has 0 saturated carbocycles. The van der Waals surface area contributed by atoms with E-state index in [1.165, 1.54) is 0 Å². The standard InChI is InChI=1S/C15H22N4O2/c1-15(2)11-19(7-8-21-15)14(20)10-18-6-3-12-13(9-18)17-5-4-16-12/h4-5H,3,6-11H2,1-2H3. The van der Waals surface area contributed by atoms with Gasteiger partial charge in [0.05, 0.1) is 30.1 Å². The van der Waals surface area contributed by atoms with E-state index >= 15 is 0 Å². The lowest BCUT2D eigenvalue weighted by molar-refractivity contribution is -0.147. The maximum absolute atomic E-state index is 12.5. The van der Waals surface area contributed by atoms with Crippen LogP contribution < -0.4 is 0 Å². The van der Waals surface area contributed by atoms with Crippen LogP contribution in [0.3, 0.4) is 0 Å². The fourth-order valence-electron chi connectivity index (χ4n) is 2.95. The average molecular weight is 290 g/mol. The summed E-state index contributed by atoms with van der Waals surface area (Å²) in [7, 11) is 0. The first-order valence-electron chi connectivity index (χ1n) is 7.46. The molecule has 2 aliphatic heterocycles. The third-order valence-corrected chi connectivity index (χ3v) is 4.04. The molecule has 1 aromatic heterocycles. The molecular formula is C15H22N4O2. The van der Waals surface area contributed by atoms with Crippen LogP contribution >= 0.6 is 0 Å². The molecule has 0 aliphatic carbocycles. The first-order valence-corrected chi connectivity index (χ1v) is 7.46. The molecular weight excluding hydrogens is 268 g/mol. The number of rotatable bonds is 2. The first kappa shape index (κ1) is 14.4. The Morgan fingerprint density at radius 1 is 1.29 bits per heavy atom. The van der Waals surface area contributed by atoms with Crippen LogP contribution in [0.4, 0.5) is 0 Å². The van der Waals surface area contributed by atoms with Crippen molar-refractivity contribution < 1.29 is 9.53 Å². The third-order valence-electron chi connectivity index (χ3n) is 4.04. The van der Waals surface area contributed by atoms with Crippen LogP contribution in [0.1, 0.15) is 25.2 Å². The Balaban J connectivity index is 1.59. The number of ether oxygens (including phenoxy) is 1. The van der Waals surface area contributed by atoms with Gasteiger partial charge in [-0.25, -0.2) is 0 Å². The molecule has 0 radical (unpaired) electrons. The van der Waals surface area contributed by atoms with Gasteiger partial charge >= 0.3 is 0 Å². The monoisotopic (exact) mass is 290 g/mol. The number of carbonyl (C=O) groups is 1. The number of hydrogen-bond acceptors (Lipinski definition) is 5. The Hall–Kier alpha value is -1.53. The molecule has 0 bridgehead atoms. The van der Waals surface area contributed by atoms with Gasteiger partial charge < -0.3 is 9.64 Å². The van der Waals surface area contributed by atoms with Gasteiger partial charge in [-0.05, 0) is 13.8 Å². The van der Waals surface area contributed by atoms with Crippen LogP contribution in [-0.2, 0) is 22.5 Å². The largest absolute Gasteiger partial charge is 0.372 e. The summed E-state index contributed by atoms with van der Waals surface area (Å²) in [5.74, 6) is 0.179. The van der Waals surface area contributed by atoms with Gasteiger partial charge in [-0.1, -0.05) is 0 Å². The lowest BCUT2D eigenvalue weighted by Gasteiger charge is -2.39. The molecule has 0 aromatic carbocycles. The fourth-order valence-corrected chi connectivity index (χ4v) is 2.95. The van der Waals surface area contributed by atoms with E-state index in [0.717, 1.165) is 24.4 Å². The molecule has 1 saturated heterocycles. The van der Waals surface area contributed by atoms with Gasteiger partial charge in [0, 0.05) is 45.0 Å². The van der Waals surface area contributed by atoms with Crippen molar-refractivity contribution in [1.29, 1.82) is 0 Å². The zero-order valence-corrected chi connectivity index (χ0v) is 12.7. The third kappa shape index (κ3) is 3.39. The van der Waals surface area contributed by atoms with Gasteiger partial charge in [0.1, 0.15) is 0 Å². The Kier molecular flexibility index (Phi) is 3.91. The second-order valence-corrected chi connectivity index (χ2v) is 6.33. The van der Waals surface area contributed by atoms with E-state index in [1.807, 2.05) is 18.7 Å². The lowest BCUT2D eigenvalue weighted by atomic mass is 10.1. The minimum atomic E-state index is -0.242. The van der Waals surface area contributed by atoms with E-state index in [-0.39, 0.29) is 11.5 Å². The van der Waals surface area contributed by atoms with E-state index in [4.69, 9.17) is 4.74 Å². The average Bonchev–Trinajstić information content (AvgIpc) is 2.46. The number of amides is 1. The number of morpholine rings is 1. The van der Waals surface area contributed by atoms with Crippen molar-refractivity contribution >= 4 is 5.91 Å². The van der Waals surface area contributed by atoms with Gasteiger partial charge in [-0.2, -0.15) is 0 Å². The van der Waals surface area contributed by atoms with Crippen molar-refractivity contribution in [2.24, 2.45) is 0 Å². The second kappa shape index (κ2) is 5.69. The molecule has 2 aliphatic rings. The van der Waals surface area contributed by atoms with Crippen molar-refractivity contribution in [2.75, 3.05) is 32.8 Å². The smallest absolute Gasteiger partial charge is 0.236 e. The maximum atomic E-state index is 12.5. The van der Waals surface area contributed by atoms with Crippen molar-refractivity contribution in [2.45, 2.75) is 32.4 Å². The molecule has 6 heteroatoms. The maximum Gasteiger partial charge on any atom is 0.236 e. The Morgan fingerprint density at radius 3 is 2.81 bits per heavy atom. The van der Waals surface area contributed by atoms with Crippen LogP contribution in [0.25, 0.3) is 0 Å². The van der Waals surface area contributed by atoms with Crippen LogP contribution in [0.15, 0.2) is 12.4 Å². The van der Waals surface area contributed by atoms with Gasteiger partial charge in [0.15, 0.2) is 0 Å². The van der Waals surface area contributed by atoms with Crippen LogP contribution in [0.5, 0.6) is 0 Å². The Labute approximate surface area is 125 Å². The van der Waals surface area contributed by atoms with E-state index < -0.39 is 0 Å². The highest BCUT2D eigenvalue weighted by atomic mass is 16.5. The molecule has 21 heavy (non-hydrogen) atoms. The van der Waals surface area contributed by atoms with Crippen LogP contribution in [0, 0.1) is 0 Å². The van der Waals surface area contributed by atoms with Crippen LogP contribution in [0.2, 0.25) is 0 Å². The Morgan fingerprint density at radius 2 is 2.05 bits per heavy atom. The molecule has 1 aromatic rings.